The van der Waals surface area contributed by atoms with E-state index in [0.717, 1.165) is 66.1 Å². The Kier molecular flexibility index (Phi) is 5.22. The fraction of sp³-hybridized carbons (Fsp3) is 0. The standard InChI is InChI=1S/C38H22N4/c1-40-27-20-21-28(38(23-27)42-35-16-8-4-12-31(35)32-13-5-9-17-36(32)42)25-18-19-26(24-39)37(22-25)41-33-14-6-2-10-29(33)30-11-3-7-15-34(30)41/h2-23H. The predicted octanol–water partition coefficient (Wildman–Crippen LogP) is 9.97. The third kappa shape index (κ3) is 3.40. The van der Waals surface area contributed by atoms with Gasteiger partial charge in [0, 0.05) is 32.8 Å². The number of fused-ring (bicyclic) bond motifs is 6. The molecule has 0 N–H and O–H groups in total. The van der Waals surface area contributed by atoms with Crippen molar-refractivity contribution in [2.24, 2.45) is 0 Å². The molecule has 2 aromatic heterocycles. The second kappa shape index (κ2) is 9.24. The van der Waals surface area contributed by atoms with Crippen LogP contribution >= 0.6 is 0 Å². The van der Waals surface area contributed by atoms with Crippen molar-refractivity contribution in [2.75, 3.05) is 0 Å². The first-order valence-corrected chi connectivity index (χ1v) is 13.8. The Morgan fingerprint density at radius 2 is 1.00 bits per heavy atom. The van der Waals surface area contributed by atoms with Crippen molar-refractivity contribution in [2.45, 2.75) is 0 Å². The summed E-state index contributed by atoms with van der Waals surface area (Å²) in [5.41, 5.74) is 9.16. The predicted molar refractivity (Wildman–Crippen MR) is 172 cm³/mol. The summed E-state index contributed by atoms with van der Waals surface area (Å²) in [6.07, 6.45) is 0. The Bertz CT molecular complexity index is 2340. The van der Waals surface area contributed by atoms with Crippen LogP contribution in [0.2, 0.25) is 0 Å². The van der Waals surface area contributed by atoms with Crippen LogP contribution in [0.25, 0.3) is 71.0 Å². The first kappa shape index (κ1) is 23.8. The van der Waals surface area contributed by atoms with E-state index in [4.69, 9.17) is 6.57 Å². The largest absolute Gasteiger partial charge is 0.310 e. The van der Waals surface area contributed by atoms with Crippen LogP contribution in [0.15, 0.2) is 133 Å². The number of nitrogens with zero attached hydrogens (tertiary/aromatic N) is 4. The van der Waals surface area contributed by atoms with E-state index in [0.29, 0.717) is 11.3 Å². The molecule has 2 heterocycles. The topological polar surface area (TPSA) is 38.0 Å². The maximum absolute atomic E-state index is 10.2. The van der Waals surface area contributed by atoms with Gasteiger partial charge in [-0.1, -0.05) is 91.0 Å². The normalized spacial score (nSPS) is 11.3. The molecule has 0 aliphatic rings. The molecule has 0 spiro atoms. The molecule has 0 saturated heterocycles. The maximum atomic E-state index is 10.2. The van der Waals surface area contributed by atoms with Crippen molar-refractivity contribution in [3.63, 3.8) is 0 Å². The first-order valence-electron chi connectivity index (χ1n) is 13.8. The molecule has 42 heavy (non-hydrogen) atoms. The number of hydrogen-bond acceptors (Lipinski definition) is 1. The highest BCUT2D eigenvalue weighted by Crippen LogP contribution is 2.40. The molecular weight excluding hydrogens is 512 g/mol. The van der Waals surface area contributed by atoms with Crippen LogP contribution in [0.1, 0.15) is 5.56 Å². The van der Waals surface area contributed by atoms with Gasteiger partial charge in [-0.3, -0.25) is 0 Å². The van der Waals surface area contributed by atoms with E-state index in [-0.39, 0.29) is 0 Å². The van der Waals surface area contributed by atoms with Crippen molar-refractivity contribution in [3.8, 4) is 28.6 Å². The Hall–Kier alpha value is -6.10. The lowest BCUT2D eigenvalue weighted by Gasteiger charge is -2.17. The molecule has 0 amide bonds. The molecule has 0 aliphatic carbocycles. The molecule has 194 valence electrons. The molecule has 0 aliphatic heterocycles. The summed E-state index contributed by atoms with van der Waals surface area (Å²) in [6.45, 7) is 7.78. The van der Waals surface area contributed by atoms with E-state index in [1.54, 1.807) is 0 Å². The van der Waals surface area contributed by atoms with Gasteiger partial charge in [0.2, 0.25) is 0 Å². The quantitative estimate of drug-likeness (QED) is 0.208. The Balaban J connectivity index is 1.45. The summed E-state index contributed by atoms with van der Waals surface area (Å²) < 4.78 is 4.45. The van der Waals surface area contributed by atoms with Crippen LogP contribution in [0, 0.1) is 17.9 Å². The van der Waals surface area contributed by atoms with Gasteiger partial charge in [0.15, 0.2) is 5.69 Å². The van der Waals surface area contributed by atoms with E-state index >= 15 is 0 Å². The number of hydrogen-bond donors (Lipinski definition) is 0. The number of rotatable bonds is 3. The molecule has 0 saturated carbocycles. The number of para-hydroxylation sites is 4. The van der Waals surface area contributed by atoms with E-state index in [2.05, 4.69) is 111 Å². The summed E-state index contributed by atoms with van der Waals surface area (Å²) in [4.78, 5) is 3.78. The zero-order valence-corrected chi connectivity index (χ0v) is 22.5. The summed E-state index contributed by atoms with van der Waals surface area (Å²) in [5, 5.41) is 14.9. The van der Waals surface area contributed by atoms with Crippen molar-refractivity contribution in [1.82, 2.24) is 9.13 Å². The van der Waals surface area contributed by atoms with Crippen LogP contribution < -0.4 is 0 Å². The molecule has 0 unspecified atom stereocenters. The molecule has 8 rings (SSSR count). The van der Waals surface area contributed by atoms with Gasteiger partial charge in [-0.15, -0.1) is 0 Å². The molecule has 0 atom stereocenters. The van der Waals surface area contributed by atoms with Gasteiger partial charge >= 0.3 is 0 Å². The minimum absolute atomic E-state index is 0.576. The molecule has 0 bridgehead atoms. The minimum Gasteiger partial charge on any atom is -0.310 e. The third-order valence-corrected chi connectivity index (χ3v) is 8.18. The molecule has 4 nitrogen and oxygen atoms in total. The maximum Gasteiger partial charge on any atom is 0.189 e. The fourth-order valence-corrected chi connectivity index (χ4v) is 6.36. The second-order valence-electron chi connectivity index (χ2n) is 10.4. The summed E-state index contributed by atoms with van der Waals surface area (Å²) in [7, 11) is 0. The number of nitriles is 1. The lowest BCUT2D eigenvalue weighted by Crippen LogP contribution is -2.00. The van der Waals surface area contributed by atoms with Gasteiger partial charge in [0.05, 0.1) is 39.9 Å². The molecule has 0 fully saturated rings. The van der Waals surface area contributed by atoms with Gasteiger partial charge < -0.3 is 9.13 Å². The average molecular weight is 535 g/mol. The summed E-state index contributed by atoms with van der Waals surface area (Å²) >= 11 is 0. The van der Waals surface area contributed by atoms with Gasteiger partial charge in [0.1, 0.15) is 6.07 Å². The average Bonchev–Trinajstić information content (AvgIpc) is 3.57. The Morgan fingerprint density at radius 1 is 0.524 bits per heavy atom. The molecular formula is C38H22N4. The molecule has 6 aromatic carbocycles. The number of aromatic nitrogens is 2. The summed E-state index contributed by atoms with van der Waals surface area (Å²) in [5.74, 6) is 0. The Morgan fingerprint density at radius 3 is 1.48 bits per heavy atom. The molecule has 0 radical (unpaired) electrons. The van der Waals surface area contributed by atoms with E-state index in [1.165, 1.54) is 0 Å². The first-order chi connectivity index (χ1) is 20.8. The van der Waals surface area contributed by atoms with Gasteiger partial charge in [-0.2, -0.15) is 5.26 Å². The van der Waals surface area contributed by atoms with E-state index in [9.17, 15) is 5.26 Å². The SMILES string of the molecule is [C-]#[N+]c1ccc(-c2ccc(C#N)c(-n3c4ccccc4c4ccccc43)c2)c(-n2c3ccccc3c3ccccc32)c1. The van der Waals surface area contributed by atoms with Crippen LogP contribution in [-0.4, -0.2) is 9.13 Å². The van der Waals surface area contributed by atoms with Crippen LogP contribution in [-0.2, 0) is 0 Å². The number of benzene rings is 6. The van der Waals surface area contributed by atoms with Crippen LogP contribution in [0.3, 0.4) is 0 Å². The van der Waals surface area contributed by atoms with Crippen LogP contribution in [0.5, 0.6) is 0 Å². The zero-order chi connectivity index (χ0) is 28.2. The van der Waals surface area contributed by atoms with E-state index in [1.807, 2.05) is 42.5 Å². The van der Waals surface area contributed by atoms with Gasteiger partial charge in [0.25, 0.3) is 0 Å². The lowest BCUT2D eigenvalue weighted by atomic mass is 9.99. The smallest absolute Gasteiger partial charge is 0.189 e. The minimum atomic E-state index is 0.576. The Labute approximate surface area is 242 Å². The van der Waals surface area contributed by atoms with Crippen molar-refractivity contribution in [1.29, 1.82) is 5.26 Å². The highest BCUT2D eigenvalue weighted by molar-refractivity contribution is 6.11. The molecule has 4 heteroatoms. The van der Waals surface area contributed by atoms with E-state index < -0.39 is 0 Å². The monoisotopic (exact) mass is 534 g/mol. The second-order valence-corrected chi connectivity index (χ2v) is 10.4. The van der Waals surface area contributed by atoms with Crippen LogP contribution in [0.4, 0.5) is 5.69 Å². The fourth-order valence-electron chi connectivity index (χ4n) is 6.36. The van der Waals surface area contributed by atoms with Crippen molar-refractivity contribution >= 4 is 49.3 Å². The van der Waals surface area contributed by atoms with Crippen molar-refractivity contribution in [3.05, 3.63) is 150 Å². The summed E-state index contributed by atoms with van der Waals surface area (Å²) in [6, 6.07) is 47.8. The molecule has 8 aromatic rings. The zero-order valence-electron chi connectivity index (χ0n) is 22.5. The van der Waals surface area contributed by atoms with Gasteiger partial charge in [-0.05, 0) is 48.0 Å². The van der Waals surface area contributed by atoms with Gasteiger partial charge in [-0.25, -0.2) is 4.85 Å². The highest BCUT2D eigenvalue weighted by atomic mass is 15.0. The third-order valence-electron chi connectivity index (χ3n) is 8.18. The van der Waals surface area contributed by atoms with Crippen molar-refractivity contribution < 1.29 is 0 Å². The lowest BCUT2D eigenvalue weighted by molar-refractivity contribution is 1.16. The highest BCUT2D eigenvalue weighted by Gasteiger charge is 2.19.